The van der Waals surface area contributed by atoms with Gasteiger partial charge in [-0.1, -0.05) is 12.1 Å². The summed E-state index contributed by atoms with van der Waals surface area (Å²) in [6, 6.07) is 6.54. The van der Waals surface area contributed by atoms with Gasteiger partial charge in [-0.05, 0) is 24.1 Å². The summed E-state index contributed by atoms with van der Waals surface area (Å²) in [5.74, 6) is 0.236. The zero-order valence-corrected chi connectivity index (χ0v) is 13.1. The molecule has 0 bridgehead atoms. The van der Waals surface area contributed by atoms with E-state index in [1.54, 1.807) is 19.2 Å². The number of methoxy groups -OCH3 is 1. The molecule has 90 valence electrons. The Kier molecular flexibility index (Phi) is 8.79. The average Bonchev–Trinajstić information content (AvgIpc) is 2.24. The second-order valence-electron chi connectivity index (χ2n) is 3.41. The third-order valence-electron chi connectivity index (χ3n) is 1.96. The van der Waals surface area contributed by atoms with Crippen LogP contribution in [0.5, 0.6) is 5.75 Å². The van der Waals surface area contributed by atoms with Crippen molar-refractivity contribution in [2.45, 2.75) is 6.42 Å². The van der Waals surface area contributed by atoms with E-state index in [1.165, 1.54) is 12.1 Å². The largest absolute Gasteiger partial charge is 1.00 e. The van der Waals surface area contributed by atoms with Crippen molar-refractivity contribution < 1.29 is 73.8 Å². The minimum Gasteiger partial charge on any atom is -0.522 e. The van der Waals surface area contributed by atoms with Gasteiger partial charge in [-0.2, -0.15) is 0 Å². The first-order chi connectivity index (χ1) is 7.51. The fraction of sp³-hybridized carbons (Fsp3) is 0.400. The molecule has 2 nitrogen and oxygen atoms in total. The Morgan fingerprint density at radius 1 is 1.12 bits per heavy atom. The van der Waals surface area contributed by atoms with Gasteiger partial charge in [-0.15, -0.1) is 0 Å². The second kappa shape index (κ2) is 8.55. The molecule has 0 saturated heterocycles. The normalized spacial score (nSPS) is 10.8. The third kappa shape index (κ3) is 8.23. The fourth-order valence-electron chi connectivity index (χ4n) is 1.16. The average molecular weight is 272 g/mol. The predicted molar refractivity (Wildman–Crippen MR) is 56.6 cm³/mol. The van der Waals surface area contributed by atoms with Crippen molar-refractivity contribution >= 4 is 6.98 Å². The summed E-state index contributed by atoms with van der Waals surface area (Å²) < 4.78 is 45.2. The van der Waals surface area contributed by atoms with Crippen LogP contribution in [0.25, 0.3) is 0 Å². The standard InChI is InChI=1S/C10H13BF3O2.K/c1-15-7-6-9-2-4-10(5-3-9)16-8-11(12,13)14;/h2-5H,6-8H2,1H3;/q-1;+1. The summed E-state index contributed by atoms with van der Waals surface area (Å²) in [4.78, 5) is 0. The molecule has 1 aromatic rings. The van der Waals surface area contributed by atoms with Gasteiger partial charge in [0.2, 0.25) is 0 Å². The molecular formula is C10H13BF3KO2. The van der Waals surface area contributed by atoms with Crippen LogP contribution in [0.2, 0.25) is 0 Å². The summed E-state index contributed by atoms with van der Waals surface area (Å²) in [7, 11) is 1.60. The van der Waals surface area contributed by atoms with Crippen molar-refractivity contribution in [2.24, 2.45) is 0 Å². The Hall–Kier alpha value is 0.471. The predicted octanol–water partition coefficient (Wildman–Crippen LogP) is -0.355. The van der Waals surface area contributed by atoms with Crippen LogP contribution in [0.15, 0.2) is 24.3 Å². The first kappa shape index (κ1) is 17.5. The molecule has 0 aliphatic rings. The van der Waals surface area contributed by atoms with E-state index in [0.29, 0.717) is 6.61 Å². The summed E-state index contributed by atoms with van der Waals surface area (Å²) in [5.41, 5.74) is 1.01. The first-order valence-electron chi connectivity index (χ1n) is 4.93. The van der Waals surface area contributed by atoms with Gasteiger partial charge in [0.1, 0.15) is 5.75 Å². The summed E-state index contributed by atoms with van der Waals surface area (Å²) >= 11 is 0. The first-order valence-corrected chi connectivity index (χ1v) is 4.93. The molecule has 0 saturated carbocycles. The van der Waals surface area contributed by atoms with E-state index in [0.717, 1.165) is 12.0 Å². The van der Waals surface area contributed by atoms with E-state index >= 15 is 0 Å². The number of rotatable bonds is 6. The molecule has 0 N–H and O–H groups in total. The van der Waals surface area contributed by atoms with Crippen molar-refractivity contribution in [1.29, 1.82) is 0 Å². The number of ether oxygens (including phenoxy) is 2. The second-order valence-corrected chi connectivity index (χ2v) is 3.41. The Labute approximate surface area is 141 Å². The van der Waals surface area contributed by atoms with Crippen LogP contribution in [0, 0.1) is 0 Å². The smallest absolute Gasteiger partial charge is 0.522 e. The van der Waals surface area contributed by atoms with Gasteiger partial charge in [0, 0.05) is 7.11 Å². The Morgan fingerprint density at radius 3 is 2.18 bits per heavy atom. The molecule has 17 heavy (non-hydrogen) atoms. The molecule has 0 aromatic heterocycles. The topological polar surface area (TPSA) is 18.5 Å². The summed E-state index contributed by atoms with van der Waals surface area (Å²) in [6.07, 6.45) is 0.736. The van der Waals surface area contributed by atoms with Gasteiger partial charge in [0.25, 0.3) is 0 Å². The SMILES string of the molecule is COCCc1ccc(OC[B-](F)(F)F)cc1.[K+]. The Morgan fingerprint density at radius 2 is 1.71 bits per heavy atom. The van der Waals surface area contributed by atoms with E-state index < -0.39 is 13.5 Å². The van der Waals surface area contributed by atoms with Gasteiger partial charge in [0.15, 0.2) is 0 Å². The van der Waals surface area contributed by atoms with Crippen LogP contribution >= 0.6 is 0 Å². The number of hydrogen-bond acceptors (Lipinski definition) is 2. The number of halogens is 3. The molecule has 1 rings (SSSR count). The van der Waals surface area contributed by atoms with Crippen LogP contribution in [0.1, 0.15) is 5.56 Å². The van der Waals surface area contributed by atoms with Crippen molar-refractivity contribution in [3.8, 4) is 5.75 Å². The third-order valence-corrected chi connectivity index (χ3v) is 1.96. The van der Waals surface area contributed by atoms with Crippen molar-refractivity contribution in [3.05, 3.63) is 29.8 Å². The maximum Gasteiger partial charge on any atom is 1.00 e. The molecular weight excluding hydrogens is 259 g/mol. The van der Waals surface area contributed by atoms with Gasteiger partial charge in [-0.3, -0.25) is 0 Å². The van der Waals surface area contributed by atoms with Crippen molar-refractivity contribution in [2.75, 3.05) is 20.2 Å². The molecule has 0 spiro atoms. The molecule has 0 radical (unpaired) electrons. The minimum absolute atomic E-state index is 0. The van der Waals surface area contributed by atoms with Crippen LogP contribution in [0.4, 0.5) is 12.9 Å². The molecule has 0 unspecified atom stereocenters. The summed E-state index contributed by atoms with van der Waals surface area (Å²) in [5, 5.41) is 0. The molecule has 0 heterocycles. The fourth-order valence-corrected chi connectivity index (χ4v) is 1.16. The maximum atomic E-state index is 11.9. The summed E-state index contributed by atoms with van der Waals surface area (Å²) in [6.45, 7) is -5.50. The van der Waals surface area contributed by atoms with Crippen molar-refractivity contribution in [1.82, 2.24) is 0 Å². The molecule has 1 aromatic carbocycles. The van der Waals surface area contributed by atoms with Gasteiger partial charge in [0.05, 0.1) is 13.1 Å². The molecule has 0 aliphatic carbocycles. The molecule has 7 heteroatoms. The van der Waals surface area contributed by atoms with Crippen LogP contribution in [0.3, 0.4) is 0 Å². The van der Waals surface area contributed by atoms with E-state index in [9.17, 15) is 12.9 Å². The monoisotopic (exact) mass is 272 g/mol. The van der Waals surface area contributed by atoms with Crippen LogP contribution in [-0.2, 0) is 11.2 Å². The molecule has 0 aliphatic heterocycles. The van der Waals surface area contributed by atoms with E-state index in [2.05, 4.69) is 4.74 Å². The van der Waals surface area contributed by atoms with Gasteiger partial charge in [-0.25, -0.2) is 0 Å². The number of benzene rings is 1. The molecule has 0 atom stereocenters. The van der Waals surface area contributed by atoms with E-state index in [1.807, 2.05) is 0 Å². The minimum atomic E-state index is -4.89. The zero-order valence-electron chi connectivity index (χ0n) is 9.96. The quantitative estimate of drug-likeness (QED) is 0.659. The van der Waals surface area contributed by atoms with Crippen LogP contribution < -0.4 is 56.1 Å². The van der Waals surface area contributed by atoms with E-state index in [-0.39, 0.29) is 57.1 Å². The van der Waals surface area contributed by atoms with Gasteiger partial charge >= 0.3 is 58.4 Å². The molecule has 0 fully saturated rings. The zero-order chi connectivity index (χ0) is 12.0. The van der Waals surface area contributed by atoms with E-state index in [4.69, 9.17) is 4.74 Å². The number of hydrogen-bond donors (Lipinski definition) is 0. The molecule has 0 amide bonds. The van der Waals surface area contributed by atoms with Crippen molar-refractivity contribution in [3.63, 3.8) is 0 Å². The maximum absolute atomic E-state index is 11.9. The van der Waals surface area contributed by atoms with Crippen LogP contribution in [-0.4, -0.2) is 27.2 Å². The Balaban J connectivity index is 0.00000256. The Bertz CT molecular complexity index is 316. The van der Waals surface area contributed by atoms with Gasteiger partial charge < -0.3 is 22.4 Å².